The highest BCUT2D eigenvalue weighted by Crippen LogP contribution is 2.26. The summed E-state index contributed by atoms with van der Waals surface area (Å²) in [5, 5.41) is 4.75. The highest BCUT2D eigenvalue weighted by atomic mass is 32.2. The van der Waals surface area contributed by atoms with Crippen molar-refractivity contribution in [1.82, 2.24) is 9.71 Å². The first-order valence-electron chi connectivity index (χ1n) is 7.43. The van der Waals surface area contributed by atoms with Crippen molar-refractivity contribution in [2.24, 2.45) is 0 Å². The molecule has 1 unspecified atom stereocenters. The second-order valence-corrected chi connectivity index (χ2v) is 8.30. The molecule has 1 heterocycles. The Morgan fingerprint density at radius 2 is 1.75 bits per heavy atom. The van der Waals surface area contributed by atoms with E-state index < -0.39 is 22.0 Å². The SMILES string of the molecule is Cc1cc(C)c(C)c(S(=O)(=O)NC(C)C(=O)Nc2nccs2)c1C. The smallest absolute Gasteiger partial charge is 0.244 e. The molecule has 0 aliphatic heterocycles. The number of carbonyl (C=O) groups excluding carboxylic acids is 1. The number of anilines is 1. The van der Waals surface area contributed by atoms with Gasteiger partial charge in [-0.15, -0.1) is 11.3 Å². The van der Waals surface area contributed by atoms with Crippen LogP contribution in [0.2, 0.25) is 0 Å². The Morgan fingerprint density at radius 3 is 2.25 bits per heavy atom. The van der Waals surface area contributed by atoms with Crippen LogP contribution in [0.4, 0.5) is 5.13 Å². The number of hydrogen-bond acceptors (Lipinski definition) is 5. The number of aromatic nitrogens is 1. The third kappa shape index (κ3) is 3.82. The molecule has 0 aliphatic carbocycles. The van der Waals surface area contributed by atoms with Crippen molar-refractivity contribution in [3.63, 3.8) is 0 Å². The van der Waals surface area contributed by atoms with Crippen molar-refractivity contribution < 1.29 is 13.2 Å². The Balaban J connectivity index is 2.27. The highest BCUT2D eigenvalue weighted by Gasteiger charge is 2.26. The molecule has 1 amide bonds. The van der Waals surface area contributed by atoms with Crippen LogP contribution in [0.1, 0.15) is 29.2 Å². The van der Waals surface area contributed by atoms with E-state index in [0.717, 1.165) is 11.1 Å². The molecular formula is C16H21N3O3S2. The number of amides is 1. The summed E-state index contributed by atoms with van der Waals surface area (Å²) < 4.78 is 28.0. The topological polar surface area (TPSA) is 88.2 Å². The monoisotopic (exact) mass is 367 g/mol. The second-order valence-electron chi connectivity index (χ2n) is 5.76. The van der Waals surface area contributed by atoms with E-state index in [4.69, 9.17) is 0 Å². The summed E-state index contributed by atoms with van der Waals surface area (Å²) in [5.41, 5.74) is 3.19. The lowest BCUT2D eigenvalue weighted by Crippen LogP contribution is -2.42. The molecule has 0 spiro atoms. The van der Waals surface area contributed by atoms with E-state index in [-0.39, 0.29) is 4.90 Å². The summed E-state index contributed by atoms with van der Waals surface area (Å²) in [7, 11) is -3.82. The molecule has 1 aromatic heterocycles. The minimum Gasteiger partial charge on any atom is -0.301 e. The van der Waals surface area contributed by atoms with Gasteiger partial charge in [0.25, 0.3) is 0 Å². The fraction of sp³-hybridized carbons (Fsp3) is 0.375. The van der Waals surface area contributed by atoms with E-state index in [9.17, 15) is 13.2 Å². The van der Waals surface area contributed by atoms with E-state index in [1.807, 2.05) is 19.9 Å². The summed E-state index contributed by atoms with van der Waals surface area (Å²) in [6.45, 7) is 8.81. The third-order valence-corrected chi connectivity index (χ3v) is 6.46. The van der Waals surface area contributed by atoms with E-state index in [1.54, 1.807) is 25.4 Å². The predicted octanol–water partition coefficient (Wildman–Crippen LogP) is 2.68. The summed E-state index contributed by atoms with van der Waals surface area (Å²) in [4.78, 5) is 16.4. The molecule has 130 valence electrons. The molecule has 0 bridgehead atoms. The molecule has 2 N–H and O–H groups in total. The van der Waals surface area contributed by atoms with Gasteiger partial charge in [0.2, 0.25) is 15.9 Å². The van der Waals surface area contributed by atoms with Gasteiger partial charge in [-0.25, -0.2) is 13.4 Å². The van der Waals surface area contributed by atoms with Gasteiger partial charge in [-0.2, -0.15) is 4.72 Å². The van der Waals surface area contributed by atoms with Crippen molar-refractivity contribution in [1.29, 1.82) is 0 Å². The lowest BCUT2D eigenvalue weighted by Gasteiger charge is -2.18. The lowest BCUT2D eigenvalue weighted by atomic mass is 10.0. The average molecular weight is 367 g/mol. The molecule has 6 nitrogen and oxygen atoms in total. The predicted molar refractivity (Wildman–Crippen MR) is 95.9 cm³/mol. The third-order valence-electron chi connectivity index (χ3n) is 3.95. The van der Waals surface area contributed by atoms with E-state index in [1.165, 1.54) is 18.3 Å². The largest absolute Gasteiger partial charge is 0.301 e. The molecule has 1 atom stereocenters. The fourth-order valence-corrected chi connectivity index (χ4v) is 4.78. The molecule has 0 saturated carbocycles. The Labute approximate surface area is 146 Å². The number of nitrogens with one attached hydrogen (secondary N) is 2. The number of aryl methyl sites for hydroxylation is 2. The van der Waals surface area contributed by atoms with E-state index >= 15 is 0 Å². The number of sulfonamides is 1. The molecule has 0 fully saturated rings. The number of rotatable bonds is 5. The van der Waals surface area contributed by atoms with Crippen LogP contribution in [0.5, 0.6) is 0 Å². The van der Waals surface area contributed by atoms with Gasteiger partial charge in [-0.1, -0.05) is 6.07 Å². The van der Waals surface area contributed by atoms with Crippen LogP contribution in [-0.2, 0) is 14.8 Å². The average Bonchev–Trinajstić information content (AvgIpc) is 2.97. The second kappa shape index (κ2) is 7.00. The van der Waals surface area contributed by atoms with Crippen molar-refractivity contribution in [3.05, 3.63) is 39.9 Å². The van der Waals surface area contributed by atoms with Crippen LogP contribution in [0.25, 0.3) is 0 Å². The minimum atomic E-state index is -3.82. The quantitative estimate of drug-likeness (QED) is 0.850. The number of hydrogen-bond donors (Lipinski definition) is 2. The zero-order valence-corrected chi connectivity index (χ0v) is 15.9. The van der Waals surface area contributed by atoms with Crippen molar-refractivity contribution in [2.45, 2.75) is 45.6 Å². The van der Waals surface area contributed by atoms with E-state index in [2.05, 4.69) is 15.0 Å². The van der Waals surface area contributed by atoms with Gasteiger partial charge >= 0.3 is 0 Å². The number of nitrogens with zero attached hydrogens (tertiary/aromatic N) is 1. The van der Waals surface area contributed by atoms with Crippen molar-refractivity contribution >= 4 is 32.4 Å². The molecule has 24 heavy (non-hydrogen) atoms. The van der Waals surface area contributed by atoms with Crippen LogP contribution in [-0.4, -0.2) is 25.4 Å². The maximum atomic E-state index is 12.8. The zero-order chi connectivity index (χ0) is 18.1. The van der Waals surface area contributed by atoms with Crippen LogP contribution >= 0.6 is 11.3 Å². The Morgan fingerprint density at radius 1 is 1.17 bits per heavy atom. The summed E-state index contributed by atoms with van der Waals surface area (Å²) in [6.07, 6.45) is 1.57. The zero-order valence-electron chi connectivity index (χ0n) is 14.3. The molecule has 0 radical (unpaired) electrons. The molecule has 1 aromatic carbocycles. The van der Waals surface area contributed by atoms with Crippen molar-refractivity contribution in [2.75, 3.05) is 5.32 Å². The van der Waals surface area contributed by atoms with Crippen LogP contribution in [0.3, 0.4) is 0 Å². The van der Waals surface area contributed by atoms with Crippen LogP contribution < -0.4 is 10.0 Å². The van der Waals surface area contributed by atoms with Gasteiger partial charge in [-0.05, 0) is 56.9 Å². The lowest BCUT2D eigenvalue weighted by molar-refractivity contribution is -0.117. The Bertz CT molecular complexity index is 833. The van der Waals surface area contributed by atoms with Gasteiger partial charge in [0.05, 0.1) is 10.9 Å². The van der Waals surface area contributed by atoms with Gasteiger partial charge in [0.15, 0.2) is 5.13 Å². The summed E-state index contributed by atoms with van der Waals surface area (Å²) in [6, 6.07) is 1.04. The minimum absolute atomic E-state index is 0.244. The molecule has 0 saturated heterocycles. The van der Waals surface area contributed by atoms with Crippen molar-refractivity contribution in [3.8, 4) is 0 Å². The van der Waals surface area contributed by atoms with Gasteiger partial charge in [-0.3, -0.25) is 4.79 Å². The summed E-state index contributed by atoms with van der Waals surface area (Å²) in [5.74, 6) is -0.451. The first kappa shape index (κ1) is 18.6. The fourth-order valence-electron chi connectivity index (χ4n) is 2.43. The maximum absolute atomic E-state index is 12.8. The Kier molecular flexibility index (Phi) is 5.42. The molecule has 0 aliphatic rings. The van der Waals surface area contributed by atoms with E-state index in [0.29, 0.717) is 16.3 Å². The number of carbonyl (C=O) groups is 1. The molecule has 8 heteroatoms. The van der Waals surface area contributed by atoms with Gasteiger partial charge in [0, 0.05) is 11.6 Å². The highest BCUT2D eigenvalue weighted by molar-refractivity contribution is 7.89. The normalized spacial score (nSPS) is 12.9. The number of thiazole rings is 1. The van der Waals surface area contributed by atoms with Gasteiger partial charge in [0.1, 0.15) is 0 Å². The molecular weight excluding hydrogens is 346 g/mol. The Hall–Kier alpha value is -1.77. The van der Waals surface area contributed by atoms with Crippen LogP contribution in [0.15, 0.2) is 22.5 Å². The molecule has 2 aromatic rings. The maximum Gasteiger partial charge on any atom is 0.244 e. The van der Waals surface area contributed by atoms with Crippen LogP contribution in [0, 0.1) is 27.7 Å². The van der Waals surface area contributed by atoms with Gasteiger partial charge < -0.3 is 5.32 Å². The standard InChI is InChI=1S/C16H21N3O3S2/c1-9-8-10(2)12(4)14(11(9)3)24(21,22)19-13(5)15(20)18-16-17-6-7-23-16/h6-8,13,19H,1-5H3,(H,17,18,20). The summed E-state index contributed by atoms with van der Waals surface area (Å²) >= 11 is 1.27. The number of benzene rings is 1. The molecule has 2 rings (SSSR count). The first-order chi connectivity index (χ1) is 11.1. The first-order valence-corrected chi connectivity index (χ1v) is 9.80.